The van der Waals surface area contributed by atoms with Gasteiger partial charge in [0.15, 0.2) is 0 Å². The molecular formula is C14H18FN3OS. The second kappa shape index (κ2) is 5.73. The van der Waals surface area contributed by atoms with Gasteiger partial charge in [0, 0.05) is 29.5 Å². The lowest BCUT2D eigenvalue weighted by molar-refractivity contribution is 0.202. The van der Waals surface area contributed by atoms with Crippen LogP contribution in [0.25, 0.3) is 11.0 Å². The molecule has 2 aromatic rings. The Balaban J connectivity index is 1.94. The standard InChI is InChI=1S/C14H18FN3OS/c1-18-4-5-20-8-11(18)14(17-16)13-7-9-6-10(15)2-3-12(9)19-13/h2-3,6-7,11,14,17H,4-5,8,16H2,1H3. The van der Waals surface area contributed by atoms with Crippen molar-refractivity contribution in [3.05, 3.63) is 35.8 Å². The van der Waals surface area contributed by atoms with E-state index in [0.29, 0.717) is 5.58 Å². The highest BCUT2D eigenvalue weighted by Crippen LogP contribution is 2.30. The van der Waals surface area contributed by atoms with Gasteiger partial charge in [-0.1, -0.05) is 0 Å². The number of nitrogens with two attached hydrogens (primary N) is 1. The molecule has 108 valence electrons. The summed E-state index contributed by atoms with van der Waals surface area (Å²) < 4.78 is 19.1. The predicted molar refractivity (Wildman–Crippen MR) is 80.0 cm³/mol. The fourth-order valence-electron chi connectivity index (χ4n) is 2.63. The third-order valence-corrected chi connectivity index (χ3v) is 4.86. The minimum Gasteiger partial charge on any atom is -0.459 e. The maximum absolute atomic E-state index is 13.3. The maximum Gasteiger partial charge on any atom is 0.134 e. The van der Waals surface area contributed by atoms with E-state index in [1.807, 2.05) is 17.8 Å². The number of furan rings is 1. The van der Waals surface area contributed by atoms with Gasteiger partial charge in [-0.15, -0.1) is 0 Å². The minimum absolute atomic E-state index is 0.0942. The molecule has 2 atom stereocenters. The first-order valence-electron chi connectivity index (χ1n) is 6.62. The molecule has 0 saturated carbocycles. The number of thioether (sulfide) groups is 1. The van der Waals surface area contributed by atoms with Gasteiger partial charge in [-0.3, -0.25) is 10.7 Å². The number of benzene rings is 1. The summed E-state index contributed by atoms with van der Waals surface area (Å²) in [5, 5.41) is 0.770. The van der Waals surface area contributed by atoms with Crippen molar-refractivity contribution in [2.45, 2.75) is 12.1 Å². The lowest BCUT2D eigenvalue weighted by Crippen LogP contribution is -2.49. The number of hydrazine groups is 1. The van der Waals surface area contributed by atoms with Gasteiger partial charge >= 0.3 is 0 Å². The molecule has 0 amide bonds. The second-order valence-corrected chi connectivity index (χ2v) is 6.25. The summed E-state index contributed by atoms with van der Waals surface area (Å²) in [6.07, 6.45) is 0. The third kappa shape index (κ3) is 2.56. The van der Waals surface area contributed by atoms with Crippen molar-refractivity contribution < 1.29 is 8.81 Å². The Morgan fingerprint density at radius 1 is 1.50 bits per heavy atom. The fourth-order valence-corrected chi connectivity index (χ4v) is 3.90. The summed E-state index contributed by atoms with van der Waals surface area (Å²) in [5.74, 6) is 8.36. The molecule has 0 radical (unpaired) electrons. The zero-order valence-corrected chi connectivity index (χ0v) is 12.1. The Bertz CT molecular complexity index is 603. The average molecular weight is 295 g/mol. The van der Waals surface area contributed by atoms with E-state index in [2.05, 4.69) is 17.4 Å². The zero-order valence-electron chi connectivity index (χ0n) is 11.3. The smallest absolute Gasteiger partial charge is 0.134 e. The lowest BCUT2D eigenvalue weighted by atomic mass is 10.1. The molecule has 1 aromatic heterocycles. The Morgan fingerprint density at radius 2 is 2.35 bits per heavy atom. The van der Waals surface area contributed by atoms with Gasteiger partial charge < -0.3 is 4.42 Å². The van der Waals surface area contributed by atoms with E-state index in [1.165, 1.54) is 12.1 Å². The first-order chi connectivity index (χ1) is 9.69. The number of nitrogens with one attached hydrogen (secondary N) is 1. The number of rotatable bonds is 3. The number of likely N-dealkylation sites (N-methyl/N-ethyl adjacent to an activating group) is 1. The topological polar surface area (TPSA) is 54.4 Å². The summed E-state index contributed by atoms with van der Waals surface area (Å²) in [6, 6.07) is 6.59. The van der Waals surface area contributed by atoms with Crippen molar-refractivity contribution in [2.75, 3.05) is 25.1 Å². The predicted octanol–water partition coefficient (Wildman–Crippen LogP) is 2.12. The summed E-state index contributed by atoms with van der Waals surface area (Å²) in [5.41, 5.74) is 3.54. The minimum atomic E-state index is -0.257. The van der Waals surface area contributed by atoms with Crippen LogP contribution in [0.4, 0.5) is 4.39 Å². The average Bonchev–Trinajstić information content (AvgIpc) is 2.84. The fraction of sp³-hybridized carbons (Fsp3) is 0.429. The first-order valence-corrected chi connectivity index (χ1v) is 7.77. The molecule has 0 aliphatic carbocycles. The Labute approximate surface area is 121 Å². The second-order valence-electron chi connectivity index (χ2n) is 5.10. The Hall–Kier alpha value is -1.08. The molecule has 6 heteroatoms. The van der Waals surface area contributed by atoms with E-state index >= 15 is 0 Å². The lowest BCUT2D eigenvalue weighted by Gasteiger charge is -2.36. The highest BCUT2D eigenvalue weighted by molar-refractivity contribution is 7.99. The van der Waals surface area contributed by atoms with Crippen LogP contribution in [-0.2, 0) is 0 Å². The third-order valence-electron chi connectivity index (χ3n) is 3.81. The van der Waals surface area contributed by atoms with Crippen LogP contribution in [0.1, 0.15) is 11.8 Å². The SMILES string of the molecule is CN1CCSCC1C(NN)c1cc2cc(F)ccc2o1. The van der Waals surface area contributed by atoms with Crippen molar-refractivity contribution in [1.82, 2.24) is 10.3 Å². The van der Waals surface area contributed by atoms with Gasteiger partial charge in [0.25, 0.3) is 0 Å². The highest BCUT2D eigenvalue weighted by Gasteiger charge is 2.30. The number of hydrogen-bond acceptors (Lipinski definition) is 5. The van der Waals surface area contributed by atoms with Crippen molar-refractivity contribution in [3.8, 4) is 0 Å². The molecule has 1 aliphatic heterocycles. The van der Waals surface area contributed by atoms with Crippen LogP contribution < -0.4 is 11.3 Å². The van der Waals surface area contributed by atoms with Crippen LogP contribution in [-0.4, -0.2) is 36.0 Å². The highest BCUT2D eigenvalue weighted by atomic mass is 32.2. The summed E-state index contributed by atoms with van der Waals surface area (Å²) in [7, 11) is 2.09. The van der Waals surface area contributed by atoms with Gasteiger partial charge in [-0.05, 0) is 31.3 Å². The molecule has 1 saturated heterocycles. The molecule has 1 fully saturated rings. The van der Waals surface area contributed by atoms with E-state index in [4.69, 9.17) is 10.3 Å². The van der Waals surface area contributed by atoms with E-state index in [-0.39, 0.29) is 17.9 Å². The largest absolute Gasteiger partial charge is 0.459 e. The normalized spacial score (nSPS) is 22.2. The molecule has 3 rings (SSSR count). The van der Waals surface area contributed by atoms with E-state index in [1.54, 1.807) is 6.07 Å². The number of halogens is 1. The molecule has 3 N–H and O–H groups in total. The van der Waals surface area contributed by atoms with Gasteiger partial charge in [0.1, 0.15) is 17.2 Å². The number of hydrogen-bond donors (Lipinski definition) is 2. The monoisotopic (exact) mass is 295 g/mol. The number of fused-ring (bicyclic) bond motifs is 1. The van der Waals surface area contributed by atoms with Crippen molar-refractivity contribution in [2.24, 2.45) is 5.84 Å². The maximum atomic E-state index is 13.3. The van der Waals surface area contributed by atoms with Crippen LogP contribution in [0.2, 0.25) is 0 Å². The summed E-state index contributed by atoms with van der Waals surface area (Å²) in [6.45, 7) is 1.03. The molecule has 2 heterocycles. The van der Waals surface area contributed by atoms with Crippen LogP contribution in [0.5, 0.6) is 0 Å². The van der Waals surface area contributed by atoms with Crippen LogP contribution in [0.15, 0.2) is 28.7 Å². The molecular weight excluding hydrogens is 277 g/mol. The van der Waals surface area contributed by atoms with Crippen LogP contribution in [0, 0.1) is 5.82 Å². The van der Waals surface area contributed by atoms with Gasteiger partial charge in [-0.25, -0.2) is 9.82 Å². The van der Waals surface area contributed by atoms with Crippen molar-refractivity contribution in [1.29, 1.82) is 0 Å². The molecule has 20 heavy (non-hydrogen) atoms. The van der Waals surface area contributed by atoms with Gasteiger partial charge in [-0.2, -0.15) is 11.8 Å². The Kier molecular flexibility index (Phi) is 3.98. The van der Waals surface area contributed by atoms with Crippen LogP contribution >= 0.6 is 11.8 Å². The quantitative estimate of drug-likeness (QED) is 0.671. The molecule has 1 aromatic carbocycles. The van der Waals surface area contributed by atoms with E-state index in [9.17, 15) is 4.39 Å². The molecule has 0 spiro atoms. The first kappa shape index (κ1) is 13.9. The molecule has 4 nitrogen and oxygen atoms in total. The number of nitrogens with zero attached hydrogens (tertiary/aromatic N) is 1. The van der Waals surface area contributed by atoms with Crippen molar-refractivity contribution >= 4 is 22.7 Å². The molecule has 0 bridgehead atoms. The van der Waals surface area contributed by atoms with Gasteiger partial charge in [0.2, 0.25) is 0 Å². The zero-order chi connectivity index (χ0) is 14.1. The molecule has 1 aliphatic rings. The van der Waals surface area contributed by atoms with E-state index in [0.717, 1.165) is 29.2 Å². The summed E-state index contributed by atoms with van der Waals surface area (Å²) >= 11 is 1.92. The van der Waals surface area contributed by atoms with Gasteiger partial charge in [0.05, 0.1) is 6.04 Å². The van der Waals surface area contributed by atoms with Crippen LogP contribution in [0.3, 0.4) is 0 Å². The molecule has 2 unspecified atom stereocenters. The van der Waals surface area contributed by atoms with E-state index < -0.39 is 0 Å². The summed E-state index contributed by atoms with van der Waals surface area (Å²) in [4.78, 5) is 2.29. The Morgan fingerprint density at radius 3 is 3.10 bits per heavy atom. The van der Waals surface area contributed by atoms with Crippen molar-refractivity contribution in [3.63, 3.8) is 0 Å².